The van der Waals surface area contributed by atoms with E-state index >= 15 is 0 Å². The zero-order valence-corrected chi connectivity index (χ0v) is 11.2. The highest BCUT2D eigenvalue weighted by atomic mass is 16.3. The first-order valence-corrected chi connectivity index (χ1v) is 6.56. The highest BCUT2D eigenvalue weighted by molar-refractivity contribution is 5.70. The monoisotopic (exact) mass is 261 g/mol. The summed E-state index contributed by atoms with van der Waals surface area (Å²) in [5.41, 5.74) is 4.66. The van der Waals surface area contributed by atoms with Gasteiger partial charge in [0.2, 0.25) is 0 Å². The van der Waals surface area contributed by atoms with Gasteiger partial charge in [-0.15, -0.1) is 0 Å². The topological polar surface area (TPSA) is 33.1 Å². The summed E-state index contributed by atoms with van der Waals surface area (Å²) in [6.07, 6.45) is 0. The highest BCUT2D eigenvalue weighted by Crippen LogP contribution is 2.30. The Morgan fingerprint density at radius 3 is 2.15 bits per heavy atom. The number of hydrogen-bond acceptors (Lipinski definition) is 2. The number of aryl methyl sites for hydroxylation is 1. The van der Waals surface area contributed by atoms with Gasteiger partial charge < -0.3 is 5.11 Å². The standard InChI is InChI=1S/C18H15NO/c1-13-7-9-14(10-8-13)16-11-12-17(20)18(19-16)15-5-3-2-4-6-15/h2-12,20H,1H3. The van der Waals surface area contributed by atoms with Gasteiger partial charge >= 0.3 is 0 Å². The number of pyridine rings is 1. The minimum absolute atomic E-state index is 0.201. The Labute approximate surface area is 118 Å². The van der Waals surface area contributed by atoms with Gasteiger partial charge in [0.1, 0.15) is 11.4 Å². The molecule has 2 nitrogen and oxygen atoms in total. The second kappa shape index (κ2) is 5.17. The Morgan fingerprint density at radius 1 is 0.750 bits per heavy atom. The average Bonchev–Trinajstić information content (AvgIpc) is 2.50. The second-order valence-electron chi connectivity index (χ2n) is 4.80. The molecule has 0 amide bonds. The number of benzene rings is 2. The third kappa shape index (κ3) is 2.41. The highest BCUT2D eigenvalue weighted by Gasteiger charge is 2.08. The zero-order valence-electron chi connectivity index (χ0n) is 11.2. The lowest BCUT2D eigenvalue weighted by atomic mass is 10.1. The van der Waals surface area contributed by atoms with Crippen LogP contribution in [0.1, 0.15) is 5.56 Å². The smallest absolute Gasteiger partial charge is 0.141 e. The predicted octanol–water partition coefficient (Wildman–Crippen LogP) is 4.43. The summed E-state index contributed by atoms with van der Waals surface area (Å²) in [4.78, 5) is 4.59. The maximum absolute atomic E-state index is 10.0. The van der Waals surface area contributed by atoms with Crippen LogP contribution in [0, 0.1) is 6.92 Å². The average molecular weight is 261 g/mol. The molecule has 0 aliphatic rings. The molecule has 0 spiro atoms. The van der Waals surface area contributed by atoms with Gasteiger partial charge in [0.15, 0.2) is 0 Å². The van der Waals surface area contributed by atoms with Crippen molar-refractivity contribution in [1.29, 1.82) is 0 Å². The number of rotatable bonds is 2. The van der Waals surface area contributed by atoms with Gasteiger partial charge in [-0.1, -0.05) is 60.2 Å². The SMILES string of the molecule is Cc1ccc(-c2ccc(O)c(-c3ccccc3)n2)cc1. The van der Waals surface area contributed by atoms with Crippen molar-refractivity contribution in [1.82, 2.24) is 4.98 Å². The second-order valence-corrected chi connectivity index (χ2v) is 4.80. The van der Waals surface area contributed by atoms with Gasteiger partial charge in [0, 0.05) is 11.1 Å². The van der Waals surface area contributed by atoms with Crippen molar-refractivity contribution in [3.8, 4) is 28.3 Å². The van der Waals surface area contributed by atoms with E-state index in [0.29, 0.717) is 5.69 Å². The summed E-state index contributed by atoms with van der Waals surface area (Å²) in [7, 11) is 0. The van der Waals surface area contributed by atoms with Crippen LogP contribution in [0.25, 0.3) is 22.5 Å². The maximum atomic E-state index is 10.0. The molecule has 0 atom stereocenters. The number of hydrogen-bond donors (Lipinski definition) is 1. The van der Waals surface area contributed by atoms with Gasteiger partial charge in [0.25, 0.3) is 0 Å². The van der Waals surface area contributed by atoms with Gasteiger partial charge in [0.05, 0.1) is 5.69 Å². The lowest BCUT2D eigenvalue weighted by Gasteiger charge is -2.07. The summed E-state index contributed by atoms with van der Waals surface area (Å²) < 4.78 is 0. The lowest BCUT2D eigenvalue weighted by Crippen LogP contribution is -1.89. The van der Waals surface area contributed by atoms with Crippen molar-refractivity contribution in [3.63, 3.8) is 0 Å². The molecule has 0 radical (unpaired) electrons. The van der Waals surface area contributed by atoms with Crippen molar-refractivity contribution in [2.24, 2.45) is 0 Å². The largest absolute Gasteiger partial charge is 0.506 e. The summed E-state index contributed by atoms with van der Waals surface area (Å²) in [6.45, 7) is 2.06. The molecule has 98 valence electrons. The van der Waals surface area contributed by atoms with E-state index in [1.165, 1.54) is 5.56 Å². The molecule has 0 aliphatic carbocycles. The van der Waals surface area contributed by atoms with E-state index in [-0.39, 0.29) is 5.75 Å². The fraction of sp³-hybridized carbons (Fsp3) is 0.0556. The van der Waals surface area contributed by atoms with Crippen molar-refractivity contribution in [2.75, 3.05) is 0 Å². The maximum Gasteiger partial charge on any atom is 0.141 e. The molecule has 1 aromatic heterocycles. The normalized spacial score (nSPS) is 10.4. The first kappa shape index (κ1) is 12.4. The molecule has 0 unspecified atom stereocenters. The van der Waals surface area contributed by atoms with E-state index in [2.05, 4.69) is 24.0 Å². The minimum Gasteiger partial charge on any atom is -0.506 e. The Morgan fingerprint density at radius 2 is 1.45 bits per heavy atom. The van der Waals surface area contributed by atoms with Crippen LogP contribution in [-0.2, 0) is 0 Å². The van der Waals surface area contributed by atoms with Crippen molar-refractivity contribution < 1.29 is 5.11 Å². The van der Waals surface area contributed by atoms with Gasteiger partial charge in [-0.2, -0.15) is 0 Å². The van der Waals surface area contributed by atoms with Crippen LogP contribution in [0.15, 0.2) is 66.7 Å². The molecular weight excluding hydrogens is 246 g/mol. The minimum atomic E-state index is 0.201. The van der Waals surface area contributed by atoms with Crippen LogP contribution in [0.5, 0.6) is 5.75 Å². The summed E-state index contributed by atoms with van der Waals surface area (Å²) in [5.74, 6) is 0.201. The lowest BCUT2D eigenvalue weighted by molar-refractivity contribution is 0.475. The van der Waals surface area contributed by atoms with Gasteiger partial charge in [-0.25, -0.2) is 4.98 Å². The third-order valence-electron chi connectivity index (χ3n) is 3.27. The van der Waals surface area contributed by atoms with Crippen LogP contribution < -0.4 is 0 Å². The molecule has 20 heavy (non-hydrogen) atoms. The summed E-state index contributed by atoms with van der Waals surface area (Å²) in [5, 5.41) is 10.0. The molecule has 0 saturated carbocycles. The van der Waals surface area contributed by atoms with Crippen LogP contribution in [-0.4, -0.2) is 10.1 Å². The van der Waals surface area contributed by atoms with Gasteiger partial charge in [-0.05, 0) is 19.1 Å². The molecule has 1 N–H and O–H groups in total. The quantitative estimate of drug-likeness (QED) is 0.740. The van der Waals surface area contributed by atoms with Crippen molar-refractivity contribution in [3.05, 3.63) is 72.3 Å². The molecule has 0 bridgehead atoms. The number of nitrogens with zero attached hydrogens (tertiary/aromatic N) is 1. The Kier molecular flexibility index (Phi) is 3.21. The Hall–Kier alpha value is -2.61. The van der Waals surface area contributed by atoms with Crippen molar-refractivity contribution in [2.45, 2.75) is 6.92 Å². The van der Waals surface area contributed by atoms with Crippen LogP contribution in [0.3, 0.4) is 0 Å². The number of aromatic nitrogens is 1. The fourth-order valence-corrected chi connectivity index (χ4v) is 2.15. The van der Waals surface area contributed by atoms with E-state index in [9.17, 15) is 5.11 Å². The molecule has 2 aromatic carbocycles. The Balaban J connectivity index is 2.09. The van der Waals surface area contributed by atoms with E-state index in [0.717, 1.165) is 16.8 Å². The fourth-order valence-electron chi connectivity index (χ4n) is 2.15. The predicted molar refractivity (Wildman–Crippen MR) is 81.5 cm³/mol. The van der Waals surface area contributed by atoms with Crippen LogP contribution in [0.4, 0.5) is 0 Å². The van der Waals surface area contributed by atoms with E-state index in [1.54, 1.807) is 6.07 Å². The molecule has 2 heteroatoms. The molecule has 0 aliphatic heterocycles. The molecule has 0 saturated heterocycles. The Bertz CT molecular complexity index is 718. The van der Waals surface area contributed by atoms with Crippen LogP contribution >= 0.6 is 0 Å². The third-order valence-corrected chi connectivity index (χ3v) is 3.27. The molecule has 0 fully saturated rings. The summed E-state index contributed by atoms with van der Waals surface area (Å²) in [6, 6.07) is 21.5. The first-order chi connectivity index (χ1) is 9.74. The number of aromatic hydroxyl groups is 1. The molecular formula is C18H15NO. The van der Waals surface area contributed by atoms with E-state index in [1.807, 2.05) is 48.5 Å². The molecule has 3 aromatic rings. The van der Waals surface area contributed by atoms with Gasteiger partial charge in [-0.3, -0.25) is 0 Å². The first-order valence-electron chi connectivity index (χ1n) is 6.56. The van der Waals surface area contributed by atoms with E-state index in [4.69, 9.17) is 0 Å². The van der Waals surface area contributed by atoms with Crippen LogP contribution in [0.2, 0.25) is 0 Å². The molecule has 3 rings (SSSR count). The van der Waals surface area contributed by atoms with E-state index < -0.39 is 0 Å². The van der Waals surface area contributed by atoms with Crippen molar-refractivity contribution >= 4 is 0 Å². The molecule has 1 heterocycles. The summed E-state index contributed by atoms with van der Waals surface area (Å²) >= 11 is 0. The zero-order chi connectivity index (χ0) is 13.9.